The molecular weight excluding hydrogens is 193 g/mol. The number of benzene rings is 1. The summed E-state index contributed by atoms with van der Waals surface area (Å²) in [5, 5.41) is 2.72. The monoisotopic (exact) mass is 201 g/mol. The zero-order chi connectivity index (χ0) is 10.0. The smallest absolute Gasteiger partial charge is 0.221 e. The molecule has 0 heterocycles. The van der Waals surface area contributed by atoms with Gasteiger partial charge in [0.15, 0.2) is 5.82 Å². The Hall–Kier alpha value is -1.09. The Morgan fingerprint density at radius 1 is 1.54 bits per heavy atom. The molecule has 1 rings (SSSR count). The van der Waals surface area contributed by atoms with Crippen LogP contribution in [-0.4, -0.2) is 5.91 Å². The van der Waals surface area contributed by atoms with Gasteiger partial charge in [0.1, 0.15) is 0 Å². The van der Waals surface area contributed by atoms with Crippen LogP contribution < -0.4 is 5.32 Å². The van der Waals surface area contributed by atoms with E-state index < -0.39 is 5.82 Å². The Morgan fingerprint density at radius 3 is 2.69 bits per heavy atom. The van der Waals surface area contributed by atoms with Crippen LogP contribution in [0.25, 0.3) is 0 Å². The van der Waals surface area contributed by atoms with E-state index in [1.165, 1.54) is 13.0 Å². The number of hydrogen-bond donors (Lipinski definition) is 1. The molecule has 1 N–H and O–H groups in total. The molecule has 4 heteroatoms. The van der Waals surface area contributed by atoms with Crippen molar-refractivity contribution in [2.24, 2.45) is 0 Å². The normalized spacial score (nSPS) is 9.85. The number of nitrogens with one attached hydrogen (secondary N) is 1. The number of amides is 1. The lowest BCUT2D eigenvalue weighted by atomic mass is 10.2. The first kappa shape index (κ1) is 9.99. The van der Waals surface area contributed by atoms with Crippen LogP contribution in [0.3, 0.4) is 0 Å². The van der Waals surface area contributed by atoms with Gasteiger partial charge in [-0.25, -0.2) is 4.39 Å². The summed E-state index contributed by atoms with van der Waals surface area (Å²) in [7, 11) is 0. The molecular formula is C9H9ClFNO. The van der Waals surface area contributed by atoms with Crippen LogP contribution in [0.4, 0.5) is 10.1 Å². The Bertz CT molecular complexity index is 352. The molecule has 0 saturated heterocycles. The van der Waals surface area contributed by atoms with Crippen molar-refractivity contribution in [2.45, 2.75) is 13.8 Å². The largest absolute Gasteiger partial charge is 0.324 e. The zero-order valence-corrected chi connectivity index (χ0v) is 8.07. The summed E-state index contributed by atoms with van der Waals surface area (Å²) in [6, 6.07) is 2.98. The van der Waals surface area contributed by atoms with Crippen LogP contribution in [0.1, 0.15) is 12.5 Å². The van der Waals surface area contributed by atoms with Gasteiger partial charge in [-0.3, -0.25) is 4.79 Å². The molecule has 0 aliphatic heterocycles. The summed E-state index contributed by atoms with van der Waals surface area (Å²) in [4.78, 5) is 10.7. The first-order chi connectivity index (χ1) is 6.02. The van der Waals surface area contributed by atoms with Crippen LogP contribution in [-0.2, 0) is 4.79 Å². The van der Waals surface area contributed by atoms with E-state index in [9.17, 15) is 9.18 Å². The highest BCUT2D eigenvalue weighted by molar-refractivity contribution is 6.31. The minimum Gasteiger partial charge on any atom is -0.324 e. The zero-order valence-electron chi connectivity index (χ0n) is 7.32. The molecule has 0 spiro atoms. The molecule has 13 heavy (non-hydrogen) atoms. The van der Waals surface area contributed by atoms with Gasteiger partial charge in [0.2, 0.25) is 5.91 Å². The molecule has 2 nitrogen and oxygen atoms in total. The second-order valence-electron chi connectivity index (χ2n) is 2.72. The molecule has 0 bridgehead atoms. The molecule has 0 aromatic heterocycles. The van der Waals surface area contributed by atoms with E-state index in [2.05, 4.69) is 5.32 Å². The lowest BCUT2D eigenvalue weighted by molar-refractivity contribution is -0.114. The van der Waals surface area contributed by atoms with Crippen molar-refractivity contribution in [3.63, 3.8) is 0 Å². The maximum absolute atomic E-state index is 13.3. The predicted octanol–water partition coefficient (Wildman–Crippen LogP) is 2.75. The van der Waals surface area contributed by atoms with Crippen molar-refractivity contribution in [2.75, 3.05) is 5.32 Å². The Labute approximate surface area is 80.7 Å². The fourth-order valence-electron chi connectivity index (χ4n) is 0.948. The SMILES string of the molecule is CC(=O)Nc1ccc(Cl)c(C)c1F. The molecule has 1 aromatic carbocycles. The number of carbonyl (C=O) groups excluding carboxylic acids is 1. The van der Waals surface area contributed by atoms with Crippen molar-refractivity contribution < 1.29 is 9.18 Å². The van der Waals surface area contributed by atoms with E-state index in [0.717, 1.165) is 0 Å². The number of hydrogen-bond acceptors (Lipinski definition) is 1. The highest BCUT2D eigenvalue weighted by Crippen LogP contribution is 2.24. The minimum atomic E-state index is -0.484. The average molecular weight is 202 g/mol. The second-order valence-corrected chi connectivity index (χ2v) is 3.12. The number of rotatable bonds is 1. The Kier molecular flexibility index (Phi) is 2.88. The van der Waals surface area contributed by atoms with Crippen molar-refractivity contribution in [3.05, 3.63) is 28.5 Å². The highest BCUT2D eigenvalue weighted by atomic mass is 35.5. The molecule has 0 atom stereocenters. The third-order valence-electron chi connectivity index (χ3n) is 1.63. The standard InChI is InChI=1S/C9H9ClFNO/c1-5-7(10)3-4-8(9(5)11)12-6(2)13/h3-4H,1-2H3,(H,12,13). The van der Waals surface area contributed by atoms with Crippen LogP contribution >= 0.6 is 11.6 Å². The van der Waals surface area contributed by atoms with Crippen molar-refractivity contribution >= 4 is 23.2 Å². The highest BCUT2D eigenvalue weighted by Gasteiger charge is 2.08. The Balaban J connectivity index is 3.10. The summed E-state index contributed by atoms with van der Waals surface area (Å²) >= 11 is 5.67. The number of anilines is 1. The van der Waals surface area contributed by atoms with Crippen LogP contribution in [0, 0.1) is 12.7 Å². The van der Waals surface area contributed by atoms with Crippen molar-refractivity contribution in [1.82, 2.24) is 0 Å². The van der Waals surface area contributed by atoms with Gasteiger partial charge in [0, 0.05) is 17.5 Å². The van der Waals surface area contributed by atoms with Crippen LogP contribution in [0.15, 0.2) is 12.1 Å². The summed E-state index contributed by atoms with van der Waals surface area (Å²) in [6.07, 6.45) is 0. The molecule has 70 valence electrons. The van der Waals surface area contributed by atoms with Crippen molar-refractivity contribution in [3.8, 4) is 0 Å². The lowest BCUT2D eigenvalue weighted by Crippen LogP contribution is -2.08. The third kappa shape index (κ3) is 2.18. The average Bonchev–Trinajstić information content (AvgIpc) is 2.06. The van der Waals surface area contributed by atoms with Gasteiger partial charge in [-0.05, 0) is 19.1 Å². The van der Waals surface area contributed by atoms with Crippen LogP contribution in [0.2, 0.25) is 5.02 Å². The maximum atomic E-state index is 13.3. The van der Waals surface area contributed by atoms with Gasteiger partial charge in [0.25, 0.3) is 0 Å². The predicted molar refractivity (Wildman–Crippen MR) is 50.5 cm³/mol. The minimum absolute atomic E-state index is 0.161. The molecule has 1 aromatic rings. The molecule has 0 saturated carbocycles. The molecule has 0 radical (unpaired) electrons. The quantitative estimate of drug-likeness (QED) is 0.744. The van der Waals surface area contributed by atoms with E-state index in [1.807, 2.05) is 0 Å². The number of halogens is 2. The van der Waals surface area contributed by atoms with Gasteiger partial charge >= 0.3 is 0 Å². The number of carbonyl (C=O) groups is 1. The van der Waals surface area contributed by atoms with Gasteiger partial charge in [0.05, 0.1) is 5.69 Å². The topological polar surface area (TPSA) is 29.1 Å². The van der Waals surface area contributed by atoms with Crippen molar-refractivity contribution in [1.29, 1.82) is 0 Å². The van der Waals surface area contributed by atoms with E-state index in [-0.39, 0.29) is 11.6 Å². The van der Waals surface area contributed by atoms with Gasteiger partial charge < -0.3 is 5.32 Å². The van der Waals surface area contributed by atoms with Gasteiger partial charge in [-0.15, -0.1) is 0 Å². The molecule has 0 fully saturated rings. The first-order valence-electron chi connectivity index (χ1n) is 3.74. The fraction of sp³-hybridized carbons (Fsp3) is 0.222. The van der Waals surface area contributed by atoms with Gasteiger partial charge in [-0.2, -0.15) is 0 Å². The van der Waals surface area contributed by atoms with Gasteiger partial charge in [-0.1, -0.05) is 11.6 Å². The lowest BCUT2D eigenvalue weighted by Gasteiger charge is -2.06. The fourth-order valence-corrected chi connectivity index (χ4v) is 1.09. The summed E-state index contributed by atoms with van der Waals surface area (Å²) < 4.78 is 13.3. The Morgan fingerprint density at radius 2 is 2.15 bits per heavy atom. The molecule has 0 aliphatic rings. The summed E-state index contributed by atoms with van der Waals surface area (Å²) in [5.41, 5.74) is 0.502. The second kappa shape index (κ2) is 3.75. The van der Waals surface area contributed by atoms with E-state index >= 15 is 0 Å². The molecule has 0 unspecified atom stereocenters. The van der Waals surface area contributed by atoms with Crippen LogP contribution in [0.5, 0.6) is 0 Å². The third-order valence-corrected chi connectivity index (χ3v) is 2.04. The first-order valence-corrected chi connectivity index (χ1v) is 4.12. The summed E-state index contributed by atoms with van der Waals surface area (Å²) in [6.45, 7) is 2.88. The molecule has 0 aliphatic carbocycles. The van der Waals surface area contributed by atoms with E-state index in [1.54, 1.807) is 13.0 Å². The van der Waals surface area contributed by atoms with E-state index in [0.29, 0.717) is 10.6 Å². The van der Waals surface area contributed by atoms with E-state index in [4.69, 9.17) is 11.6 Å². The maximum Gasteiger partial charge on any atom is 0.221 e. The summed E-state index contributed by atoms with van der Waals surface area (Å²) in [5.74, 6) is -0.789. The molecule has 1 amide bonds.